The van der Waals surface area contributed by atoms with E-state index in [4.69, 9.17) is 14.5 Å². The smallest absolute Gasteiger partial charge is 0.271 e. The van der Waals surface area contributed by atoms with Crippen molar-refractivity contribution >= 4 is 68.5 Å². The molecule has 0 saturated carbocycles. The number of carbonyl (C=O) groups is 1. The van der Waals surface area contributed by atoms with E-state index in [2.05, 4.69) is 45.2 Å². The molecule has 1 aliphatic heterocycles. The fourth-order valence-electron chi connectivity index (χ4n) is 4.56. The Morgan fingerprint density at radius 2 is 1.82 bits per heavy atom. The second-order valence-electron chi connectivity index (χ2n) is 8.55. The molecule has 0 aliphatic carbocycles. The Bertz CT molecular complexity index is 1560. The van der Waals surface area contributed by atoms with E-state index in [-0.39, 0.29) is 11.5 Å². The molecule has 0 radical (unpaired) electrons. The van der Waals surface area contributed by atoms with Crippen LogP contribution in [0.1, 0.15) is 44.9 Å². The predicted octanol–water partition coefficient (Wildman–Crippen LogP) is 4.72. The van der Waals surface area contributed by atoms with Gasteiger partial charge < -0.3 is 14.4 Å². The Balaban J connectivity index is 1.96. The molecule has 1 amide bonds. The molecule has 0 bridgehead atoms. The maximum Gasteiger partial charge on any atom is 0.271 e. The Kier molecular flexibility index (Phi) is 9.35. The van der Waals surface area contributed by atoms with Gasteiger partial charge in [0.05, 0.1) is 36.7 Å². The molecule has 38 heavy (non-hydrogen) atoms. The SMILES string of the molecule is CCOc1c(I)cc(/C=c2/sc3n(c2=O)[C@@H](c2ccccc2OC)C(C(=O)N(CC)CC)=C(C)N=3)cc1I. The summed E-state index contributed by atoms with van der Waals surface area (Å²) < 4.78 is 15.6. The van der Waals surface area contributed by atoms with Crippen molar-refractivity contribution in [1.82, 2.24) is 9.47 Å². The zero-order chi connectivity index (χ0) is 27.6. The Labute approximate surface area is 253 Å². The molecule has 0 N–H and O–H groups in total. The number of fused-ring (bicyclic) bond motifs is 1. The number of allylic oxidation sites excluding steroid dienone is 1. The number of methoxy groups -OCH3 is 1. The van der Waals surface area contributed by atoms with Crippen molar-refractivity contribution in [3.63, 3.8) is 0 Å². The number of amides is 1. The Morgan fingerprint density at radius 3 is 2.42 bits per heavy atom. The Hall–Kier alpha value is -2.19. The fourth-order valence-corrected chi connectivity index (χ4v) is 7.73. The molecule has 2 heterocycles. The summed E-state index contributed by atoms with van der Waals surface area (Å²) in [5.41, 5.74) is 2.55. The van der Waals surface area contributed by atoms with E-state index in [0.717, 1.165) is 24.0 Å². The second-order valence-corrected chi connectivity index (χ2v) is 11.9. The molecule has 0 saturated heterocycles. The molecule has 1 aromatic heterocycles. The van der Waals surface area contributed by atoms with Crippen molar-refractivity contribution < 1.29 is 14.3 Å². The summed E-state index contributed by atoms with van der Waals surface area (Å²) in [6.45, 7) is 9.40. The van der Waals surface area contributed by atoms with Gasteiger partial charge in [-0.15, -0.1) is 0 Å². The highest BCUT2D eigenvalue weighted by atomic mass is 127. The van der Waals surface area contributed by atoms with Crippen LogP contribution >= 0.6 is 56.5 Å². The van der Waals surface area contributed by atoms with Gasteiger partial charge in [0.2, 0.25) is 0 Å². The van der Waals surface area contributed by atoms with Gasteiger partial charge in [0.25, 0.3) is 11.5 Å². The third kappa shape index (κ3) is 5.44. The molecule has 10 heteroatoms. The van der Waals surface area contributed by atoms with E-state index in [0.29, 0.717) is 46.0 Å². The van der Waals surface area contributed by atoms with Crippen molar-refractivity contribution in [2.24, 2.45) is 4.99 Å². The molecule has 2 aromatic carbocycles. The van der Waals surface area contributed by atoms with Crippen LogP contribution in [0, 0.1) is 7.14 Å². The quantitative estimate of drug-likeness (QED) is 0.312. The first-order chi connectivity index (χ1) is 18.2. The second kappa shape index (κ2) is 12.3. The Morgan fingerprint density at radius 1 is 1.16 bits per heavy atom. The minimum Gasteiger partial charge on any atom is -0.496 e. The number of likely N-dealkylation sites (N-methyl/N-ethyl adjacent to an activating group) is 1. The van der Waals surface area contributed by atoms with Crippen LogP contribution < -0.4 is 24.4 Å². The molecule has 1 aliphatic rings. The van der Waals surface area contributed by atoms with Crippen LogP contribution in [-0.2, 0) is 4.79 Å². The van der Waals surface area contributed by atoms with Crippen LogP contribution in [0.25, 0.3) is 6.08 Å². The normalized spacial score (nSPS) is 15.2. The lowest BCUT2D eigenvalue weighted by atomic mass is 9.94. The third-order valence-electron chi connectivity index (χ3n) is 6.34. The number of thiazole rings is 1. The molecular formula is C28H29I2N3O4S. The van der Waals surface area contributed by atoms with E-state index in [1.807, 2.05) is 70.2 Å². The van der Waals surface area contributed by atoms with Gasteiger partial charge in [-0.1, -0.05) is 29.5 Å². The lowest BCUT2D eigenvalue weighted by molar-refractivity contribution is -0.127. The number of nitrogens with zero attached hydrogens (tertiary/aromatic N) is 3. The highest BCUT2D eigenvalue weighted by Crippen LogP contribution is 2.36. The average molecular weight is 757 g/mol. The number of hydrogen-bond acceptors (Lipinski definition) is 6. The van der Waals surface area contributed by atoms with Crippen LogP contribution in [0.15, 0.2) is 57.5 Å². The summed E-state index contributed by atoms with van der Waals surface area (Å²) in [6.07, 6.45) is 1.88. The topological polar surface area (TPSA) is 73.1 Å². The molecular weight excluding hydrogens is 728 g/mol. The van der Waals surface area contributed by atoms with Crippen molar-refractivity contribution in [1.29, 1.82) is 0 Å². The minimum atomic E-state index is -0.654. The minimum absolute atomic E-state index is 0.128. The first kappa shape index (κ1) is 28.8. The average Bonchev–Trinajstić information content (AvgIpc) is 3.20. The van der Waals surface area contributed by atoms with Crippen LogP contribution in [-0.4, -0.2) is 42.2 Å². The van der Waals surface area contributed by atoms with Gasteiger partial charge in [-0.25, -0.2) is 4.99 Å². The van der Waals surface area contributed by atoms with Gasteiger partial charge >= 0.3 is 0 Å². The van der Waals surface area contributed by atoms with Crippen LogP contribution in [0.5, 0.6) is 11.5 Å². The number of carbonyl (C=O) groups excluding carboxylic acids is 1. The number of benzene rings is 2. The van der Waals surface area contributed by atoms with Gasteiger partial charge in [-0.05, 0) is 103 Å². The predicted molar refractivity (Wildman–Crippen MR) is 168 cm³/mol. The first-order valence-electron chi connectivity index (χ1n) is 12.3. The maximum absolute atomic E-state index is 14.0. The molecule has 0 spiro atoms. The molecule has 0 fully saturated rings. The first-order valence-corrected chi connectivity index (χ1v) is 15.3. The van der Waals surface area contributed by atoms with Crippen molar-refractivity contribution in [3.8, 4) is 11.5 Å². The monoisotopic (exact) mass is 757 g/mol. The standard InChI is InChI=1S/C28H29I2N3O4S/c1-6-32(7-2)27(35)23-16(4)31-28-33(24(23)18-11-9-10-12-21(18)36-5)26(34)22(38-28)15-17-13-19(29)25(37-8-3)20(30)14-17/h9-15,24H,6-8H2,1-5H3/b22-15+/t24-/m0/s1. The molecule has 200 valence electrons. The van der Waals surface area contributed by atoms with Crippen molar-refractivity contribution in [2.75, 3.05) is 26.8 Å². The highest BCUT2D eigenvalue weighted by Gasteiger charge is 2.35. The number of halogens is 2. The zero-order valence-electron chi connectivity index (χ0n) is 21.9. The molecule has 4 rings (SSSR count). The molecule has 1 atom stereocenters. The number of ether oxygens (including phenoxy) is 2. The van der Waals surface area contributed by atoms with Gasteiger partial charge in [0.15, 0.2) is 4.80 Å². The van der Waals surface area contributed by atoms with E-state index in [1.165, 1.54) is 11.3 Å². The maximum atomic E-state index is 14.0. The summed E-state index contributed by atoms with van der Waals surface area (Å²) in [7, 11) is 1.60. The summed E-state index contributed by atoms with van der Waals surface area (Å²) in [5, 5.41) is 0. The van der Waals surface area contributed by atoms with Crippen LogP contribution in [0.4, 0.5) is 0 Å². The molecule has 3 aromatic rings. The van der Waals surface area contributed by atoms with E-state index < -0.39 is 6.04 Å². The summed E-state index contributed by atoms with van der Waals surface area (Å²) >= 11 is 5.84. The van der Waals surface area contributed by atoms with Crippen LogP contribution in [0.3, 0.4) is 0 Å². The number of para-hydroxylation sites is 1. The summed E-state index contributed by atoms with van der Waals surface area (Å²) in [4.78, 5) is 34.8. The zero-order valence-corrected chi connectivity index (χ0v) is 27.0. The van der Waals surface area contributed by atoms with Crippen molar-refractivity contribution in [2.45, 2.75) is 33.7 Å². The summed E-state index contributed by atoms with van der Waals surface area (Å²) in [6, 6.07) is 10.9. The van der Waals surface area contributed by atoms with Crippen LogP contribution in [0.2, 0.25) is 0 Å². The highest BCUT2D eigenvalue weighted by molar-refractivity contribution is 14.1. The number of rotatable bonds is 8. The lowest BCUT2D eigenvalue weighted by Gasteiger charge is -2.29. The third-order valence-corrected chi connectivity index (χ3v) is 8.93. The van der Waals surface area contributed by atoms with E-state index in [9.17, 15) is 9.59 Å². The van der Waals surface area contributed by atoms with Gasteiger partial charge in [-0.3, -0.25) is 14.2 Å². The number of hydrogen-bond donors (Lipinski definition) is 0. The van der Waals surface area contributed by atoms with E-state index in [1.54, 1.807) is 16.6 Å². The number of aromatic nitrogens is 1. The largest absolute Gasteiger partial charge is 0.496 e. The molecule has 7 nitrogen and oxygen atoms in total. The fraction of sp³-hybridized carbons (Fsp3) is 0.321. The summed E-state index contributed by atoms with van der Waals surface area (Å²) in [5.74, 6) is 1.33. The van der Waals surface area contributed by atoms with Crippen molar-refractivity contribution in [3.05, 3.63) is 85.6 Å². The van der Waals surface area contributed by atoms with Gasteiger partial charge in [-0.2, -0.15) is 0 Å². The van der Waals surface area contributed by atoms with Gasteiger partial charge in [0.1, 0.15) is 17.5 Å². The van der Waals surface area contributed by atoms with E-state index >= 15 is 0 Å². The molecule has 0 unspecified atom stereocenters. The lowest BCUT2D eigenvalue weighted by Crippen LogP contribution is -2.43. The van der Waals surface area contributed by atoms with Gasteiger partial charge in [0, 0.05) is 18.7 Å².